The van der Waals surface area contributed by atoms with Crippen LogP contribution in [0.4, 0.5) is 5.69 Å². The van der Waals surface area contributed by atoms with Crippen molar-refractivity contribution >= 4 is 5.69 Å². The molecule has 3 fully saturated rings. The summed E-state index contributed by atoms with van der Waals surface area (Å²) in [5, 5.41) is 0. The Morgan fingerprint density at radius 2 is 1.63 bits per heavy atom. The van der Waals surface area contributed by atoms with Crippen LogP contribution < -0.4 is 5.73 Å². The third-order valence-corrected chi connectivity index (χ3v) is 4.45. The van der Waals surface area contributed by atoms with Gasteiger partial charge in [-0.2, -0.15) is 0 Å². The molecule has 3 saturated heterocycles. The Kier molecular flexibility index (Phi) is 2.68. The smallest absolute Gasteiger partial charge is 0.312 e. The van der Waals surface area contributed by atoms with Crippen LogP contribution in [0.5, 0.6) is 0 Å². The lowest BCUT2D eigenvalue weighted by atomic mass is 9.67. The molecule has 19 heavy (non-hydrogen) atoms. The van der Waals surface area contributed by atoms with Gasteiger partial charge >= 0.3 is 5.97 Å². The third kappa shape index (κ3) is 1.86. The van der Waals surface area contributed by atoms with E-state index in [0.29, 0.717) is 25.5 Å². The Balaban J connectivity index is 1.89. The first-order valence-corrected chi connectivity index (χ1v) is 6.65. The number of nitrogens with two attached hydrogens (primary N) is 1. The van der Waals surface area contributed by atoms with Gasteiger partial charge in [0.1, 0.15) is 0 Å². The Morgan fingerprint density at radius 1 is 1.05 bits per heavy atom. The first-order valence-electron chi connectivity index (χ1n) is 6.65. The monoisotopic (exact) mass is 263 g/mol. The van der Waals surface area contributed by atoms with Gasteiger partial charge in [-0.15, -0.1) is 0 Å². The number of benzene rings is 1. The average Bonchev–Trinajstić information content (AvgIpc) is 2.40. The summed E-state index contributed by atoms with van der Waals surface area (Å²) in [6, 6.07) is 7.49. The largest absolute Gasteiger partial charge is 0.399 e. The highest BCUT2D eigenvalue weighted by atomic mass is 16.9. The highest BCUT2D eigenvalue weighted by molar-refractivity contribution is 5.41. The summed E-state index contributed by atoms with van der Waals surface area (Å²) >= 11 is 0. The maximum Gasteiger partial charge on any atom is 0.312 e. The number of hydrogen-bond donors (Lipinski definition) is 1. The van der Waals surface area contributed by atoms with Crippen molar-refractivity contribution in [3.05, 3.63) is 29.8 Å². The zero-order valence-electron chi connectivity index (χ0n) is 11.7. The molecule has 0 amide bonds. The van der Waals surface area contributed by atoms with Crippen LogP contribution in [0.1, 0.15) is 26.3 Å². The van der Waals surface area contributed by atoms with E-state index < -0.39 is 5.97 Å². The maximum absolute atomic E-state index is 5.94. The molecule has 0 atom stereocenters. The SMILES string of the molecule is CC(C)(C)C12COC(c3cccc(N)c3)(OC1)OC2. The van der Waals surface area contributed by atoms with Gasteiger partial charge in [-0.25, -0.2) is 0 Å². The lowest BCUT2D eigenvalue weighted by molar-refractivity contribution is -0.489. The Morgan fingerprint density at radius 3 is 2.11 bits per heavy atom. The van der Waals surface area contributed by atoms with Gasteiger partial charge in [0.05, 0.1) is 19.8 Å². The van der Waals surface area contributed by atoms with Gasteiger partial charge in [0.25, 0.3) is 0 Å². The summed E-state index contributed by atoms with van der Waals surface area (Å²) in [5.74, 6) is -1.07. The van der Waals surface area contributed by atoms with E-state index in [0.717, 1.165) is 5.56 Å². The molecule has 2 bridgehead atoms. The van der Waals surface area contributed by atoms with Gasteiger partial charge in [0, 0.05) is 16.7 Å². The van der Waals surface area contributed by atoms with E-state index in [2.05, 4.69) is 20.8 Å². The van der Waals surface area contributed by atoms with E-state index in [1.165, 1.54) is 0 Å². The first-order chi connectivity index (χ1) is 8.87. The number of hydrogen-bond acceptors (Lipinski definition) is 4. The predicted molar refractivity (Wildman–Crippen MR) is 72.3 cm³/mol. The molecule has 3 heterocycles. The summed E-state index contributed by atoms with van der Waals surface area (Å²) in [6.07, 6.45) is 0. The standard InChI is InChI=1S/C15H21NO3/c1-13(2,3)14-8-17-15(18-9-14,19-10-14)11-5-4-6-12(16)7-11/h4-7H,8-10,16H2,1-3H3. The van der Waals surface area contributed by atoms with E-state index in [1.807, 2.05) is 24.3 Å². The minimum atomic E-state index is -1.07. The first kappa shape index (κ1) is 12.9. The molecule has 3 aliphatic heterocycles. The van der Waals surface area contributed by atoms with Crippen molar-refractivity contribution in [2.75, 3.05) is 25.6 Å². The van der Waals surface area contributed by atoms with E-state index in [1.54, 1.807) is 0 Å². The highest BCUT2D eigenvalue weighted by Crippen LogP contribution is 2.51. The zero-order valence-corrected chi connectivity index (χ0v) is 11.7. The van der Waals surface area contributed by atoms with Crippen LogP contribution in [0.2, 0.25) is 0 Å². The second-order valence-electron chi connectivity index (χ2n) is 6.58. The lowest BCUT2D eigenvalue weighted by Crippen LogP contribution is -2.62. The molecule has 0 aliphatic carbocycles. The van der Waals surface area contributed by atoms with Crippen LogP contribution in [0.15, 0.2) is 24.3 Å². The van der Waals surface area contributed by atoms with Crippen molar-refractivity contribution in [1.29, 1.82) is 0 Å². The van der Waals surface area contributed by atoms with Crippen LogP contribution in [-0.2, 0) is 20.2 Å². The molecular formula is C15H21NO3. The van der Waals surface area contributed by atoms with Gasteiger partial charge < -0.3 is 19.9 Å². The fourth-order valence-corrected chi connectivity index (χ4v) is 2.58. The quantitative estimate of drug-likeness (QED) is 0.791. The van der Waals surface area contributed by atoms with Gasteiger partial charge in [0.2, 0.25) is 0 Å². The molecule has 3 aliphatic rings. The molecule has 104 valence electrons. The molecule has 0 aromatic heterocycles. The molecule has 0 spiro atoms. The van der Waals surface area contributed by atoms with E-state index in [4.69, 9.17) is 19.9 Å². The minimum Gasteiger partial charge on any atom is -0.399 e. The molecule has 4 rings (SSSR count). The number of ether oxygens (including phenoxy) is 3. The summed E-state index contributed by atoms with van der Waals surface area (Å²) in [6.45, 7) is 8.52. The van der Waals surface area contributed by atoms with Gasteiger partial charge in [-0.1, -0.05) is 32.9 Å². The van der Waals surface area contributed by atoms with Crippen molar-refractivity contribution in [2.24, 2.45) is 10.8 Å². The molecule has 2 N–H and O–H groups in total. The van der Waals surface area contributed by atoms with Crippen molar-refractivity contribution < 1.29 is 14.2 Å². The van der Waals surface area contributed by atoms with Crippen LogP contribution in [-0.4, -0.2) is 19.8 Å². The molecule has 0 unspecified atom stereocenters. The second kappa shape index (κ2) is 3.95. The van der Waals surface area contributed by atoms with Crippen LogP contribution in [0.3, 0.4) is 0 Å². The van der Waals surface area contributed by atoms with Crippen LogP contribution in [0.25, 0.3) is 0 Å². The number of anilines is 1. The van der Waals surface area contributed by atoms with Crippen molar-refractivity contribution in [3.63, 3.8) is 0 Å². The van der Waals surface area contributed by atoms with Crippen LogP contribution in [0, 0.1) is 10.8 Å². The van der Waals surface area contributed by atoms with Crippen LogP contribution >= 0.6 is 0 Å². The maximum atomic E-state index is 5.94. The van der Waals surface area contributed by atoms with Gasteiger partial charge in [-0.3, -0.25) is 0 Å². The normalized spacial score (nSPS) is 34.5. The molecule has 4 heteroatoms. The van der Waals surface area contributed by atoms with E-state index >= 15 is 0 Å². The molecule has 1 aromatic carbocycles. The van der Waals surface area contributed by atoms with Crippen molar-refractivity contribution in [1.82, 2.24) is 0 Å². The van der Waals surface area contributed by atoms with Crippen molar-refractivity contribution in [2.45, 2.75) is 26.7 Å². The zero-order chi connectivity index (χ0) is 13.7. The molecule has 1 aromatic rings. The number of nitrogen functional groups attached to an aromatic ring is 1. The van der Waals surface area contributed by atoms with Crippen molar-refractivity contribution in [3.8, 4) is 0 Å². The minimum absolute atomic E-state index is 0.0743. The fraction of sp³-hybridized carbons (Fsp3) is 0.600. The molecular weight excluding hydrogens is 242 g/mol. The molecule has 4 nitrogen and oxygen atoms in total. The third-order valence-electron chi connectivity index (χ3n) is 4.45. The number of fused-ring (bicyclic) bond motifs is 3. The Bertz CT molecular complexity index is 468. The molecule has 0 radical (unpaired) electrons. The van der Waals surface area contributed by atoms with E-state index in [9.17, 15) is 0 Å². The highest BCUT2D eigenvalue weighted by Gasteiger charge is 2.57. The fourth-order valence-electron chi connectivity index (χ4n) is 2.58. The predicted octanol–water partition coefficient (Wildman–Crippen LogP) is 2.49. The summed E-state index contributed by atoms with van der Waals surface area (Å²) in [7, 11) is 0. The van der Waals surface area contributed by atoms with Gasteiger partial charge in [-0.05, 0) is 17.5 Å². The summed E-state index contributed by atoms with van der Waals surface area (Å²) in [5.41, 5.74) is 7.33. The Labute approximate surface area is 113 Å². The topological polar surface area (TPSA) is 53.7 Å². The molecule has 0 saturated carbocycles. The second-order valence-corrected chi connectivity index (χ2v) is 6.58. The number of rotatable bonds is 1. The van der Waals surface area contributed by atoms with Gasteiger partial charge in [0.15, 0.2) is 0 Å². The van der Waals surface area contributed by atoms with E-state index in [-0.39, 0.29) is 10.8 Å². The lowest BCUT2D eigenvalue weighted by Gasteiger charge is -2.56. The summed E-state index contributed by atoms with van der Waals surface area (Å²) in [4.78, 5) is 0. The summed E-state index contributed by atoms with van der Waals surface area (Å²) < 4.78 is 17.8. The average molecular weight is 263 g/mol. The Hall–Kier alpha value is -1.10.